The van der Waals surface area contributed by atoms with Crippen LogP contribution < -0.4 is 5.73 Å². The van der Waals surface area contributed by atoms with Crippen LogP contribution in [0.2, 0.25) is 0 Å². The minimum atomic E-state index is 0.657. The lowest BCUT2D eigenvalue weighted by Gasteiger charge is -2.45. The molecule has 0 aliphatic carbocycles. The monoisotopic (exact) mass is 237 g/mol. The normalized spacial score (nSPS) is 44.1. The molecule has 0 aromatic carbocycles. The zero-order valence-electron chi connectivity index (χ0n) is 11.1. The summed E-state index contributed by atoms with van der Waals surface area (Å²) in [5.74, 6) is 0. The fourth-order valence-corrected chi connectivity index (χ4v) is 4.55. The molecule has 0 aromatic rings. The quantitative estimate of drug-likeness (QED) is 0.788. The molecule has 3 heterocycles. The lowest BCUT2D eigenvalue weighted by atomic mass is 9.91. The Balaban J connectivity index is 1.76. The van der Waals surface area contributed by atoms with E-state index in [-0.39, 0.29) is 0 Å². The minimum absolute atomic E-state index is 0.657. The zero-order chi connectivity index (χ0) is 11.8. The van der Waals surface area contributed by atoms with Gasteiger partial charge < -0.3 is 5.73 Å². The molecule has 0 bridgehead atoms. The summed E-state index contributed by atoms with van der Waals surface area (Å²) >= 11 is 0. The molecule has 2 N–H and O–H groups in total. The summed E-state index contributed by atoms with van der Waals surface area (Å²) in [6.45, 7) is 5.94. The van der Waals surface area contributed by atoms with Gasteiger partial charge in [-0.3, -0.25) is 9.80 Å². The maximum Gasteiger partial charge on any atom is 0.0270 e. The first kappa shape index (κ1) is 11.9. The maximum absolute atomic E-state index is 6.01. The lowest BCUT2D eigenvalue weighted by molar-refractivity contribution is 0.0374. The summed E-state index contributed by atoms with van der Waals surface area (Å²) in [4.78, 5) is 5.53. The van der Waals surface area contributed by atoms with Crippen molar-refractivity contribution in [2.45, 2.75) is 69.6 Å². The molecule has 3 aliphatic rings. The Kier molecular flexibility index (Phi) is 3.42. The van der Waals surface area contributed by atoms with E-state index in [1.807, 2.05) is 0 Å². The summed E-state index contributed by atoms with van der Waals surface area (Å²) in [6, 6.07) is 3.07. The second kappa shape index (κ2) is 4.87. The van der Waals surface area contributed by atoms with Crippen molar-refractivity contribution in [3.63, 3.8) is 0 Å². The van der Waals surface area contributed by atoms with Gasteiger partial charge in [0.2, 0.25) is 0 Å². The third-order valence-electron chi connectivity index (χ3n) is 5.32. The molecule has 0 amide bonds. The van der Waals surface area contributed by atoms with Crippen molar-refractivity contribution in [2.24, 2.45) is 5.73 Å². The van der Waals surface area contributed by atoms with E-state index < -0.39 is 0 Å². The Labute approximate surface area is 105 Å². The van der Waals surface area contributed by atoms with Crippen LogP contribution in [0.15, 0.2) is 0 Å². The van der Waals surface area contributed by atoms with E-state index >= 15 is 0 Å². The Morgan fingerprint density at radius 2 is 1.88 bits per heavy atom. The first-order valence-electron chi connectivity index (χ1n) is 7.53. The van der Waals surface area contributed by atoms with Crippen LogP contribution in [0.1, 0.15) is 45.4 Å². The highest BCUT2D eigenvalue weighted by atomic mass is 15.3. The van der Waals surface area contributed by atoms with Crippen molar-refractivity contribution in [1.29, 1.82) is 0 Å². The van der Waals surface area contributed by atoms with Gasteiger partial charge in [0.25, 0.3) is 0 Å². The van der Waals surface area contributed by atoms with E-state index in [2.05, 4.69) is 16.7 Å². The summed E-state index contributed by atoms with van der Waals surface area (Å²) < 4.78 is 0. The largest absolute Gasteiger partial charge is 0.329 e. The van der Waals surface area contributed by atoms with E-state index in [0.717, 1.165) is 24.7 Å². The van der Waals surface area contributed by atoms with Gasteiger partial charge in [-0.15, -0.1) is 0 Å². The highest BCUT2D eigenvalue weighted by Gasteiger charge is 2.44. The number of nitrogens with zero attached hydrogens (tertiary/aromatic N) is 2. The van der Waals surface area contributed by atoms with Gasteiger partial charge in [-0.05, 0) is 45.6 Å². The molecule has 0 radical (unpaired) electrons. The predicted molar refractivity (Wildman–Crippen MR) is 71.0 cm³/mol. The van der Waals surface area contributed by atoms with Crippen LogP contribution >= 0.6 is 0 Å². The number of hydrogen-bond acceptors (Lipinski definition) is 3. The Morgan fingerprint density at radius 1 is 1.00 bits per heavy atom. The first-order chi connectivity index (χ1) is 8.31. The average Bonchev–Trinajstić information content (AvgIpc) is 2.91. The van der Waals surface area contributed by atoms with Crippen LogP contribution in [-0.2, 0) is 0 Å². The molecular weight excluding hydrogens is 210 g/mol. The summed E-state index contributed by atoms with van der Waals surface area (Å²) in [7, 11) is 0. The van der Waals surface area contributed by atoms with Crippen LogP contribution in [0.5, 0.6) is 0 Å². The highest BCUT2D eigenvalue weighted by molar-refractivity contribution is 5.00. The highest BCUT2D eigenvalue weighted by Crippen LogP contribution is 2.36. The van der Waals surface area contributed by atoms with Crippen molar-refractivity contribution < 1.29 is 0 Å². The first-order valence-corrected chi connectivity index (χ1v) is 7.53. The molecule has 0 aromatic heterocycles. The van der Waals surface area contributed by atoms with Gasteiger partial charge in [0.05, 0.1) is 0 Å². The molecule has 3 fully saturated rings. The van der Waals surface area contributed by atoms with Crippen molar-refractivity contribution >= 4 is 0 Å². The number of piperidine rings is 1. The molecule has 3 rings (SSSR count). The Morgan fingerprint density at radius 3 is 2.71 bits per heavy atom. The van der Waals surface area contributed by atoms with Crippen molar-refractivity contribution in [2.75, 3.05) is 19.6 Å². The molecule has 4 atom stereocenters. The van der Waals surface area contributed by atoms with Crippen LogP contribution in [0, 0.1) is 0 Å². The predicted octanol–water partition coefficient (Wildman–Crippen LogP) is 1.42. The molecule has 0 saturated carbocycles. The average molecular weight is 237 g/mol. The molecule has 17 heavy (non-hydrogen) atoms. The third-order valence-corrected chi connectivity index (χ3v) is 5.32. The maximum atomic E-state index is 6.01. The second-order valence-electron chi connectivity index (χ2n) is 6.22. The smallest absolute Gasteiger partial charge is 0.0270 e. The standard InChI is InChI=1S/C14H27N3/c1-11-4-2-5-12(10-15)17(11)14-7-9-16-8-3-6-13(14)16/h11-14H,2-10,15H2,1H3. The van der Waals surface area contributed by atoms with E-state index in [0.29, 0.717) is 6.04 Å². The molecule has 3 heteroatoms. The van der Waals surface area contributed by atoms with Crippen molar-refractivity contribution in [3.8, 4) is 0 Å². The summed E-state index contributed by atoms with van der Waals surface area (Å²) in [5, 5.41) is 0. The van der Waals surface area contributed by atoms with Crippen molar-refractivity contribution in [1.82, 2.24) is 9.80 Å². The number of likely N-dealkylation sites (tertiary alicyclic amines) is 1. The van der Waals surface area contributed by atoms with Gasteiger partial charge >= 0.3 is 0 Å². The van der Waals surface area contributed by atoms with Gasteiger partial charge in [-0.25, -0.2) is 0 Å². The summed E-state index contributed by atoms with van der Waals surface area (Å²) in [5.41, 5.74) is 6.01. The van der Waals surface area contributed by atoms with Crippen LogP contribution in [0.25, 0.3) is 0 Å². The van der Waals surface area contributed by atoms with Gasteiger partial charge in [-0.1, -0.05) is 6.42 Å². The molecule has 3 saturated heterocycles. The lowest BCUT2D eigenvalue weighted by Crippen LogP contribution is -2.56. The van der Waals surface area contributed by atoms with E-state index in [1.165, 1.54) is 51.6 Å². The Bertz CT molecular complexity index is 268. The minimum Gasteiger partial charge on any atom is -0.329 e. The molecular formula is C14H27N3. The van der Waals surface area contributed by atoms with Gasteiger partial charge in [0.15, 0.2) is 0 Å². The summed E-state index contributed by atoms with van der Waals surface area (Å²) in [6.07, 6.45) is 8.29. The van der Waals surface area contributed by atoms with Gasteiger partial charge in [-0.2, -0.15) is 0 Å². The van der Waals surface area contributed by atoms with E-state index in [9.17, 15) is 0 Å². The van der Waals surface area contributed by atoms with Crippen LogP contribution in [-0.4, -0.2) is 53.6 Å². The number of fused-ring (bicyclic) bond motifs is 1. The molecule has 98 valence electrons. The zero-order valence-corrected chi connectivity index (χ0v) is 11.1. The second-order valence-corrected chi connectivity index (χ2v) is 6.22. The molecule has 0 spiro atoms. The van der Waals surface area contributed by atoms with Crippen LogP contribution in [0.4, 0.5) is 0 Å². The molecule has 4 unspecified atom stereocenters. The van der Waals surface area contributed by atoms with E-state index in [1.54, 1.807) is 0 Å². The Hall–Kier alpha value is -0.120. The molecule has 3 aliphatic heterocycles. The molecule has 3 nitrogen and oxygen atoms in total. The van der Waals surface area contributed by atoms with Gasteiger partial charge in [0, 0.05) is 37.3 Å². The number of hydrogen-bond donors (Lipinski definition) is 1. The fourth-order valence-electron chi connectivity index (χ4n) is 4.55. The van der Waals surface area contributed by atoms with E-state index in [4.69, 9.17) is 5.73 Å². The van der Waals surface area contributed by atoms with Crippen molar-refractivity contribution in [3.05, 3.63) is 0 Å². The number of nitrogens with two attached hydrogens (primary N) is 1. The third kappa shape index (κ3) is 2.02. The topological polar surface area (TPSA) is 32.5 Å². The van der Waals surface area contributed by atoms with Gasteiger partial charge in [0.1, 0.15) is 0 Å². The fraction of sp³-hybridized carbons (Fsp3) is 1.00. The van der Waals surface area contributed by atoms with Crippen LogP contribution in [0.3, 0.4) is 0 Å². The number of rotatable bonds is 2. The SMILES string of the molecule is CC1CCCC(CN)N1C1CCN2CCCC12.